The summed E-state index contributed by atoms with van der Waals surface area (Å²) in [7, 11) is 0. The summed E-state index contributed by atoms with van der Waals surface area (Å²) in [6, 6.07) is 13.5. The van der Waals surface area contributed by atoms with Crippen LogP contribution >= 0.6 is 0 Å². The zero-order chi connectivity index (χ0) is 13.7. The van der Waals surface area contributed by atoms with Crippen molar-refractivity contribution in [3.63, 3.8) is 0 Å². The van der Waals surface area contributed by atoms with Crippen LogP contribution in [-0.2, 0) is 0 Å². The summed E-state index contributed by atoms with van der Waals surface area (Å²) in [6.07, 6.45) is 0. The lowest BCUT2D eigenvalue weighted by molar-refractivity contribution is 0.217. The molecule has 0 saturated carbocycles. The van der Waals surface area contributed by atoms with Gasteiger partial charge in [0.05, 0.1) is 5.69 Å². The van der Waals surface area contributed by atoms with Crippen LogP contribution in [0.25, 0.3) is 0 Å². The molecule has 2 aromatic rings. The lowest BCUT2D eigenvalue weighted by Crippen LogP contribution is -2.10. The summed E-state index contributed by atoms with van der Waals surface area (Å²) in [6.45, 7) is 5.10. The molecule has 19 heavy (non-hydrogen) atoms. The van der Waals surface area contributed by atoms with E-state index in [-0.39, 0.29) is 0 Å². The SMILES string of the molecule is Cc1cccc(OCCOc2ccccc2N)c1C. The van der Waals surface area contributed by atoms with E-state index in [0.717, 1.165) is 5.75 Å². The standard InChI is InChI=1S/C16H19NO2/c1-12-6-5-9-15(13(12)2)18-10-11-19-16-8-4-3-7-14(16)17/h3-9H,10-11,17H2,1-2H3. The van der Waals surface area contributed by atoms with E-state index in [2.05, 4.69) is 19.9 Å². The third-order valence-electron chi connectivity index (χ3n) is 3.07. The lowest BCUT2D eigenvalue weighted by Gasteiger charge is -2.12. The van der Waals surface area contributed by atoms with Gasteiger partial charge in [0.2, 0.25) is 0 Å². The average Bonchev–Trinajstić information content (AvgIpc) is 2.41. The molecule has 2 rings (SSSR count). The fraction of sp³-hybridized carbons (Fsp3) is 0.250. The van der Waals surface area contributed by atoms with Gasteiger partial charge < -0.3 is 15.2 Å². The molecule has 0 unspecified atom stereocenters. The van der Waals surface area contributed by atoms with Gasteiger partial charge in [-0.3, -0.25) is 0 Å². The number of hydrogen-bond acceptors (Lipinski definition) is 3. The Morgan fingerprint density at radius 2 is 1.47 bits per heavy atom. The van der Waals surface area contributed by atoms with Crippen LogP contribution < -0.4 is 15.2 Å². The average molecular weight is 257 g/mol. The van der Waals surface area contributed by atoms with Gasteiger partial charge in [0.15, 0.2) is 0 Å². The summed E-state index contributed by atoms with van der Waals surface area (Å²) >= 11 is 0. The van der Waals surface area contributed by atoms with Gasteiger partial charge in [-0.15, -0.1) is 0 Å². The van der Waals surface area contributed by atoms with Gasteiger partial charge in [-0.25, -0.2) is 0 Å². The molecule has 0 aromatic heterocycles. The van der Waals surface area contributed by atoms with Crippen LogP contribution in [0.1, 0.15) is 11.1 Å². The molecule has 2 aromatic carbocycles. The van der Waals surface area contributed by atoms with Gasteiger partial charge in [-0.05, 0) is 43.2 Å². The number of nitrogen functional groups attached to an aromatic ring is 1. The number of anilines is 1. The van der Waals surface area contributed by atoms with Crippen LogP contribution in [0.15, 0.2) is 42.5 Å². The van der Waals surface area contributed by atoms with E-state index in [9.17, 15) is 0 Å². The highest BCUT2D eigenvalue weighted by molar-refractivity contribution is 5.51. The predicted molar refractivity (Wildman–Crippen MR) is 77.8 cm³/mol. The number of ether oxygens (including phenoxy) is 2. The van der Waals surface area contributed by atoms with Crippen LogP contribution in [0.2, 0.25) is 0 Å². The van der Waals surface area contributed by atoms with Crippen LogP contribution in [0.3, 0.4) is 0 Å². The van der Waals surface area contributed by atoms with Crippen molar-refractivity contribution in [2.24, 2.45) is 0 Å². The third-order valence-corrected chi connectivity index (χ3v) is 3.07. The van der Waals surface area contributed by atoms with Crippen LogP contribution in [0.5, 0.6) is 11.5 Å². The van der Waals surface area contributed by atoms with E-state index in [1.807, 2.05) is 36.4 Å². The Balaban J connectivity index is 1.84. The zero-order valence-electron chi connectivity index (χ0n) is 11.3. The second-order valence-electron chi connectivity index (χ2n) is 4.43. The summed E-state index contributed by atoms with van der Waals surface area (Å²) < 4.78 is 11.3. The molecule has 0 aliphatic rings. The van der Waals surface area contributed by atoms with Gasteiger partial charge in [0.1, 0.15) is 24.7 Å². The van der Waals surface area contributed by atoms with Crippen molar-refractivity contribution in [3.05, 3.63) is 53.6 Å². The Hall–Kier alpha value is -2.16. The largest absolute Gasteiger partial charge is 0.490 e. The number of nitrogens with two attached hydrogens (primary N) is 1. The fourth-order valence-corrected chi connectivity index (χ4v) is 1.80. The number of aryl methyl sites for hydroxylation is 1. The molecule has 0 atom stereocenters. The monoisotopic (exact) mass is 257 g/mol. The number of rotatable bonds is 5. The van der Waals surface area contributed by atoms with E-state index in [0.29, 0.717) is 24.7 Å². The highest BCUT2D eigenvalue weighted by Gasteiger charge is 2.02. The summed E-state index contributed by atoms with van der Waals surface area (Å²) in [5.74, 6) is 1.61. The summed E-state index contributed by atoms with van der Waals surface area (Å²) in [4.78, 5) is 0. The minimum absolute atomic E-state index is 0.474. The Bertz CT molecular complexity index is 552. The molecular formula is C16H19NO2. The highest BCUT2D eigenvalue weighted by Crippen LogP contribution is 2.21. The first kappa shape index (κ1) is 13.3. The molecular weight excluding hydrogens is 238 g/mol. The first-order chi connectivity index (χ1) is 9.18. The smallest absolute Gasteiger partial charge is 0.142 e. The molecule has 3 nitrogen and oxygen atoms in total. The van der Waals surface area contributed by atoms with Gasteiger partial charge in [-0.1, -0.05) is 24.3 Å². The molecule has 100 valence electrons. The number of hydrogen-bond donors (Lipinski definition) is 1. The second kappa shape index (κ2) is 6.14. The van der Waals surface area contributed by atoms with Crippen molar-refractivity contribution in [3.8, 4) is 11.5 Å². The third kappa shape index (κ3) is 3.41. The quantitative estimate of drug-likeness (QED) is 0.660. The van der Waals surface area contributed by atoms with E-state index in [1.54, 1.807) is 0 Å². The second-order valence-corrected chi connectivity index (χ2v) is 4.43. The Kier molecular flexibility index (Phi) is 4.29. The van der Waals surface area contributed by atoms with E-state index in [1.165, 1.54) is 11.1 Å². The van der Waals surface area contributed by atoms with E-state index in [4.69, 9.17) is 15.2 Å². The topological polar surface area (TPSA) is 44.5 Å². The molecule has 3 heteroatoms. The predicted octanol–water partition coefficient (Wildman–Crippen LogP) is 3.34. The van der Waals surface area contributed by atoms with Crippen molar-refractivity contribution in [2.45, 2.75) is 13.8 Å². The summed E-state index contributed by atoms with van der Waals surface area (Å²) in [5.41, 5.74) is 8.84. The normalized spacial score (nSPS) is 10.2. The first-order valence-electron chi connectivity index (χ1n) is 6.35. The minimum atomic E-state index is 0.474. The van der Waals surface area contributed by atoms with E-state index >= 15 is 0 Å². The Labute approximate surface area is 114 Å². The molecule has 0 amide bonds. The van der Waals surface area contributed by atoms with Crippen molar-refractivity contribution in [2.75, 3.05) is 18.9 Å². The van der Waals surface area contributed by atoms with Crippen LogP contribution in [-0.4, -0.2) is 13.2 Å². The van der Waals surface area contributed by atoms with Crippen molar-refractivity contribution < 1.29 is 9.47 Å². The number of benzene rings is 2. The van der Waals surface area contributed by atoms with Gasteiger partial charge in [0, 0.05) is 0 Å². The van der Waals surface area contributed by atoms with E-state index < -0.39 is 0 Å². The molecule has 2 N–H and O–H groups in total. The highest BCUT2D eigenvalue weighted by atomic mass is 16.5. The maximum Gasteiger partial charge on any atom is 0.142 e. The first-order valence-corrected chi connectivity index (χ1v) is 6.35. The molecule has 0 fully saturated rings. The molecule has 0 heterocycles. The van der Waals surface area contributed by atoms with Crippen molar-refractivity contribution in [1.29, 1.82) is 0 Å². The minimum Gasteiger partial charge on any atom is -0.490 e. The van der Waals surface area contributed by atoms with Gasteiger partial charge in [0.25, 0.3) is 0 Å². The van der Waals surface area contributed by atoms with Crippen LogP contribution in [0.4, 0.5) is 5.69 Å². The van der Waals surface area contributed by atoms with Crippen LogP contribution in [0, 0.1) is 13.8 Å². The molecule has 0 bridgehead atoms. The van der Waals surface area contributed by atoms with Gasteiger partial charge >= 0.3 is 0 Å². The molecule has 0 aliphatic carbocycles. The molecule has 0 spiro atoms. The molecule has 0 radical (unpaired) electrons. The fourth-order valence-electron chi connectivity index (χ4n) is 1.80. The van der Waals surface area contributed by atoms with Crippen molar-refractivity contribution in [1.82, 2.24) is 0 Å². The molecule has 0 aliphatic heterocycles. The number of para-hydroxylation sites is 2. The van der Waals surface area contributed by atoms with Gasteiger partial charge in [-0.2, -0.15) is 0 Å². The zero-order valence-corrected chi connectivity index (χ0v) is 11.3. The van der Waals surface area contributed by atoms with Crippen molar-refractivity contribution >= 4 is 5.69 Å². The maximum absolute atomic E-state index is 5.79. The Morgan fingerprint density at radius 3 is 2.21 bits per heavy atom. The lowest BCUT2D eigenvalue weighted by atomic mass is 10.1. The molecule has 0 saturated heterocycles. The summed E-state index contributed by atoms with van der Waals surface area (Å²) in [5, 5.41) is 0. The maximum atomic E-state index is 5.79. The Morgan fingerprint density at radius 1 is 0.842 bits per heavy atom.